The van der Waals surface area contributed by atoms with Crippen LogP contribution in [0.15, 0.2) is 0 Å². The van der Waals surface area contributed by atoms with E-state index in [1.807, 2.05) is 48.6 Å². The fourth-order valence-electron chi connectivity index (χ4n) is 3.24. The minimum Gasteiger partial charge on any atom is -0.462 e. The second-order valence-electron chi connectivity index (χ2n) is 9.09. The Kier molecular flexibility index (Phi) is 7.88. The van der Waals surface area contributed by atoms with Crippen LogP contribution < -0.4 is 5.32 Å². The Hall–Kier alpha value is -1.14. The van der Waals surface area contributed by atoms with Crippen LogP contribution in [-0.4, -0.2) is 60.3 Å². The van der Waals surface area contributed by atoms with Gasteiger partial charge < -0.3 is 14.8 Å². The minimum absolute atomic E-state index is 0.115. The molecule has 0 radical (unpaired) electrons. The lowest BCUT2D eigenvalue weighted by molar-refractivity contribution is -0.156. The average Bonchev–Trinajstić information content (AvgIpc) is 2.74. The third kappa shape index (κ3) is 9.21. The zero-order valence-corrected chi connectivity index (χ0v) is 16.9. The SMILES string of the molecule is CC(C)(C)OC=O.CN(CC(=O)OC(C)(C)C)C1C[C@H]2CC[C@@H](C1)N2. The van der Waals surface area contributed by atoms with Gasteiger partial charge in [0.15, 0.2) is 0 Å². The van der Waals surface area contributed by atoms with Crippen molar-refractivity contribution < 1.29 is 19.1 Å². The second kappa shape index (κ2) is 8.99. The van der Waals surface area contributed by atoms with Gasteiger partial charge in [-0.05, 0) is 74.3 Å². The Morgan fingerprint density at radius 2 is 1.60 bits per heavy atom. The van der Waals surface area contributed by atoms with Crippen LogP contribution in [0.3, 0.4) is 0 Å². The van der Waals surface area contributed by atoms with E-state index in [2.05, 4.69) is 15.0 Å². The fourth-order valence-corrected chi connectivity index (χ4v) is 3.24. The molecule has 1 unspecified atom stereocenters. The first kappa shape index (κ1) is 21.9. The highest BCUT2D eigenvalue weighted by Crippen LogP contribution is 2.29. The average molecular weight is 357 g/mol. The van der Waals surface area contributed by atoms with Crippen molar-refractivity contribution in [1.29, 1.82) is 0 Å². The molecule has 6 heteroatoms. The van der Waals surface area contributed by atoms with Gasteiger partial charge in [-0.1, -0.05) is 0 Å². The van der Waals surface area contributed by atoms with Crippen LogP contribution in [0.25, 0.3) is 0 Å². The maximum absolute atomic E-state index is 11.8. The van der Waals surface area contributed by atoms with Crippen molar-refractivity contribution in [3.05, 3.63) is 0 Å². The molecule has 2 rings (SSSR count). The lowest BCUT2D eigenvalue weighted by Gasteiger charge is -2.35. The number of hydrogen-bond donors (Lipinski definition) is 1. The van der Waals surface area contributed by atoms with Gasteiger partial charge in [-0.3, -0.25) is 14.5 Å². The van der Waals surface area contributed by atoms with Gasteiger partial charge in [-0.25, -0.2) is 0 Å². The van der Waals surface area contributed by atoms with Gasteiger partial charge in [-0.15, -0.1) is 0 Å². The molecule has 2 bridgehead atoms. The molecule has 146 valence electrons. The molecule has 6 nitrogen and oxygen atoms in total. The van der Waals surface area contributed by atoms with Crippen molar-refractivity contribution in [3.63, 3.8) is 0 Å². The summed E-state index contributed by atoms with van der Waals surface area (Å²) in [6.45, 7) is 12.1. The second-order valence-corrected chi connectivity index (χ2v) is 9.09. The molecule has 1 N–H and O–H groups in total. The zero-order chi connectivity index (χ0) is 19.3. The van der Waals surface area contributed by atoms with Gasteiger partial charge in [-0.2, -0.15) is 0 Å². The molecule has 0 aliphatic carbocycles. The van der Waals surface area contributed by atoms with E-state index < -0.39 is 0 Å². The summed E-state index contributed by atoms with van der Waals surface area (Å²) in [4.78, 5) is 23.6. The maximum atomic E-state index is 11.8. The lowest BCUT2D eigenvalue weighted by Crippen LogP contribution is -2.48. The van der Waals surface area contributed by atoms with Crippen LogP contribution in [0, 0.1) is 0 Å². The van der Waals surface area contributed by atoms with E-state index in [9.17, 15) is 9.59 Å². The summed E-state index contributed by atoms with van der Waals surface area (Å²) in [5.74, 6) is -0.115. The summed E-state index contributed by atoms with van der Waals surface area (Å²) in [7, 11) is 2.04. The van der Waals surface area contributed by atoms with Crippen LogP contribution in [0.1, 0.15) is 67.2 Å². The Bertz CT molecular complexity index is 428. The minimum atomic E-state index is -0.384. The Balaban J connectivity index is 0.000000381. The molecule has 2 heterocycles. The van der Waals surface area contributed by atoms with E-state index in [0.29, 0.717) is 31.1 Å². The van der Waals surface area contributed by atoms with Gasteiger partial charge in [0.1, 0.15) is 11.2 Å². The summed E-state index contributed by atoms with van der Waals surface area (Å²) < 4.78 is 9.92. The molecule has 0 spiro atoms. The molecular weight excluding hydrogens is 320 g/mol. The predicted molar refractivity (Wildman–Crippen MR) is 98.3 cm³/mol. The molecule has 0 saturated carbocycles. The Morgan fingerprint density at radius 3 is 1.96 bits per heavy atom. The van der Waals surface area contributed by atoms with Gasteiger partial charge in [0.2, 0.25) is 0 Å². The number of rotatable bonds is 4. The molecule has 25 heavy (non-hydrogen) atoms. The number of carbonyl (C=O) groups excluding carboxylic acids is 2. The van der Waals surface area contributed by atoms with Crippen LogP contribution in [0.2, 0.25) is 0 Å². The number of ether oxygens (including phenoxy) is 2. The maximum Gasteiger partial charge on any atom is 0.320 e. The predicted octanol–water partition coefficient (Wildman–Crippen LogP) is 2.50. The molecule has 2 aliphatic heterocycles. The highest BCUT2D eigenvalue weighted by atomic mass is 16.6. The molecule has 2 aliphatic rings. The highest BCUT2D eigenvalue weighted by Gasteiger charge is 2.35. The zero-order valence-electron chi connectivity index (χ0n) is 16.9. The van der Waals surface area contributed by atoms with E-state index >= 15 is 0 Å². The van der Waals surface area contributed by atoms with Crippen molar-refractivity contribution >= 4 is 12.4 Å². The van der Waals surface area contributed by atoms with E-state index in [0.717, 1.165) is 12.8 Å². The lowest BCUT2D eigenvalue weighted by atomic mass is 9.98. The number of nitrogens with zero attached hydrogens (tertiary/aromatic N) is 1. The quantitative estimate of drug-likeness (QED) is 0.617. The molecule has 3 atom stereocenters. The number of fused-ring (bicyclic) bond motifs is 2. The van der Waals surface area contributed by atoms with E-state index in [-0.39, 0.29) is 17.2 Å². The third-order valence-corrected chi connectivity index (χ3v) is 4.27. The first-order valence-corrected chi connectivity index (χ1v) is 9.19. The number of esters is 1. The Labute approximate surface area is 152 Å². The number of likely N-dealkylation sites (N-methyl/N-ethyl adjacent to an activating group) is 1. The van der Waals surface area contributed by atoms with Crippen LogP contribution >= 0.6 is 0 Å². The molecular formula is C19H36N2O4. The van der Waals surface area contributed by atoms with Gasteiger partial charge in [0.05, 0.1) is 6.54 Å². The van der Waals surface area contributed by atoms with Crippen molar-refractivity contribution in [2.75, 3.05) is 13.6 Å². The molecule has 0 amide bonds. The Morgan fingerprint density at radius 1 is 1.08 bits per heavy atom. The first-order chi connectivity index (χ1) is 11.4. The summed E-state index contributed by atoms with van der Waals surface area (Å²) in [5.41, 5.74) is -0.702. The molecule has 2 fully saturated rings. The third-order valence-electron chi connectivity index (χ3n) is 4.27. The van der Waals surface area contributed by atoms with Crippen LogP contribution in [0.4, 0.5) is 0 Å². The summed E-state index contributed by atoms with van der Waals surface area (Å²) >= 11 is 0. The van der Waals surface area contributed by atoms with E-state index in [1.54, 1.807) is 0 Å². The largest absolute Gasteiger partial charge is 0.462 e. The fraction of sp³-hybridized carbons (Fsp3) is 0.895. The number of hydrogen-bond acceptors (Lipinski definition) is 6. The summed E-state index contributed by atoms with van der Waals surface area (Å²) in [6.07, 6.45) is 4.91. The smallest absolute Gasteiger partial charge is 0.320 e. The van der Waals surface area contributed by atoms with Crippen molar-refractivity contribution in [1.82, 2.24) is 10.2 Å². The number of carbonyl (C=O) groups is 2. The van der Waals surface area contributed by atoms with Gasteiger partial charge in [0, 0.05) is 18.1 Å². The summed E-state index contributed by atoms with van der Waals surface area (Å²) in [5, 5.41) is 3.62. The first-order valence-electron chi connectivity index (χ1n) is 9.19. The normalized spacial score (nSPS) is 25.8. The number of piperidine rings is 1. The topological polar surface area (TPSA) is 67.9 Å². The van der Waals surface area contributed by atoms with Gasteiger partial charge in [0.25, 0.3) is 6.47 Å². The van der Waals surface area contributed by atoms with Gasteiger partial charge >= 0.3 is 5.97 Å². The highest BCUT2D eigenvalue weighted by molar-refractivity contribution is 5.72. The monoisotopic (exact) mass is 356 g/mol. The molecule has 2 saturated heterocycles. The molecule has 0 aromatic carbocycles. The summed E-state index contributed by atoms with van der Waals surface area (Å²) in [6, 6.07) is 1.85. The van der Waals surface area contributed by atoms with Crippen LogP contribution in [0.5, 0.6) is 0 Å². The van der Waals surface area contributed by atoms with Crippen LogP contribution in [-0.2, 0) is 19.1 Å². The van der Waals surface area contributed by atoms with Crippen molar-refractivity contribution in [2.45, 2.75) is 96.6 Å². The standard InChI is InChI=1S/C14H26N2O2.C5H10O2/c1-14(2,3)18-13(17)9-16(4)12-7-10-5-6-11(8-12)15-10;1-5(2,3)7-4-6/h10-12,15H,5-9H2,1-4H3;4H,1-3H3/t10-,11+,12?;. The molecule has 0 aromatic rings. The van der Waals surface area contributed by atoms with Crippen molar-refractivity contribution in [2.24, 2.45) is 0 Å². The van der Waals surface area contributed by atoms with E-state index in [4.69, 9.17) is 4.74 Å². The molecule has 0 aromatic heterocycles. The number of nitrogens with one attached hydrogen (secondary N) is 1. The van der Waals surface area contributed by atoms with E-state index in [1.165, 1.54) is 12.8 Å². The van der Waals surface area contributed by atoms with Crippen molar-refractivity contribution in [3.8, 4) is 0 Å².